The summed E-state index contributed by atoms with van der Waals surface area (Å²) < 4.78 is 10.5. The summed E-state index contributed by atoms with van der Waals surface area (Å²) in [5.41, 5.74) is 1.68. The van der Waals surface area contributed by atoms with Crippen LogP contribution >= 0.6 is 0 Å². The molecule has 1 aromatic carbocycles. The Morgan fingerprint density at radius 1 is 1.26 bits per heavy atom. The number of carbonyl (C=O) groups excluding carboxylic acids is 1. The van der Waals surface area contributed by atoms with Crippen molar-refractivity contribution in [2.75, 3.05) is 19.5 Å². The molecule has 3 rings (SSSR count). The molecule has 0 atom stereocenters. The lowest BCUT2D eigenvalue weighted by molar-refractivity contribution is 0.102. The molecule has 1 aliphatic carbocycles. The minimum atomic E-state index is -0.267. The molecule has 1 saturated carbocycles. The molecule has 1 N–H and O–H groups in total. The summed E-state index contributed by atoms with van der Waals surface area (Å²) in [6.45, 7) is 1.82. The van der Waals surface area contributed by atoms with Gasteiger partial charge in [-0.2, -0.15) is 0 Å². The molecule has 6 nitrogen and oxygen atoms in total. The number of carbonyl (C=O) groups is 1. The van der Waals surface area contributed by atoms with Crippen molar-refractivity contribution >= 4 is 11.6 Å². The predicted octanol–water partition coefficient (Wildman–Crippen LogP) is 2.93. The first-order valence-electron chi connectivity index (χ1n) is 7.49. The lowest BCUT2D eigenvalue weighted by atomic mass is 10.2. The Labute approximate surface area is 134 Å². The van der Waals surface area contributed by atoms with Gasteiger partial charge in [0.05, 0.1) is 31.2 Å². The summed E-state index contributed by atoms with van der Waals surface area (Å²) >= 11 is 0. The van der Waals surface area contributed by atoms with Gasteiger partial charge in [-0.05, 0) is 31.9 Å². The summed E-state index contributed by atoms with van der Waals surface area (Å²) in [6.07, 6.45) is 3.86. The Bertz CT molecular complexity index is 742. The molecule has 1 fully saturated rings. The molecule has 0 aliphatic heterocycles. The molecule has 120 valence electrons. The van der Waals surface area contributed by atoms with Crippen molar-refractivity contribution in [2.45, 2.75) is 25.7 Å². The predicted molar refractivity (Wildman–Crippen MR) is 86.2 cm³/mol. The third-order valence-electron chi connectivity index (χ3n) is 3.84. The summed E-state index contributed by atoms with van der Waals surface area (Å²) in [4.78, 5) is 21.3. The molecule has 1 aromatic heterocycles. The Morgan fingerprint density at radius 2 is 2.04 bits per heavy atom. The van der Waals surface area contributed by atoms with E-state index in [9.17, 15) is 4.79 Å². The quantitative estimate of drug-likeness (QED) is 0.918. The molecule has 1 heterocycles. The minimum Gasteiger partial charge on any atom is -0.497 e. The van der Waals surface area contributed by atoms with Crippen LogP contribution < -0.4 is 14.8 Å². The van der Waals surface area contributed by atoms with E-state index in [-0.39, 0.29) is 5.91 Å². The number of methoxy groups -OCH3 is 2. The molecule has 2 aromatic rings. The largest absolute Gasteiger partial charge is 0.497 e. The van der Waals surface area contributed by atoms with Crippen molar-refractivity contribution in [3.05, 3.63) is 41.5 Å². The number of benzene rings is 1. The maximum Gasteiger partial charge on any atom is 0.259 e. The van der Waals surface area contributed by atoms with Crippen LogP contribution in [0.1, 0.15) is 40.6 Å². The fourth-order valence-electron chi connectivity index (χ4n) is 2.35. The van der Waals surface area contributed by atoms with E-state index in [0.29, 0.717) is 34.4 Å². The highest BCUT2D eigenvalue weighted by molar-refractivity contribution is 6.05. The smallest absolute Gasteiger partial charge is 0.259 e. The minimum absolute atomic E-state index is 0.267. The maximum atomic E-state index is 12.5. The van der Waals surface area contributed by atoms with E-state index >= 15 is 0 Å². The SMILES string of the molecule is COc1ccc(OC)c(NC(=O)c2cnc(C3CC3)nc2C)c1. The first kappa shape index (κ1) is 15.3. The van der Waals surface area contributed by atoms with Crippen LogP contribution in [0.5, 0.6) is 11.5 Å². The number of nitrogens with one attached hydrogen (secondary N) is 1. The fraction of sp³-hybridized carbons (Fsp3) is 0.353. The number of nitrogens with zero attached hydrogens (tertiary/aromatic N) is 2. The number of anilines is 1. The Morgan fingerprint density at radius 3 is 2.65 bits per heavy atom. The van der Waals surface area contributed by atoms with Crippen LogP contribution in [0.3, 0.4) is 0 Å². The zero-order valence-corrected chi connectivity index (χ0v) is 13.4. The van der Waals surface area contributed by atoms with E-state index in [4.69, 9.17) is 9.47 Å². The van der Waals surface area contributed by atoms with Gasteiger partial charge in [0.25, 0.3) is 5.91 Å². The lowest BCUT2D eigenvalue weighted by Gasteiger charge is -2.12. The van der Waals surface area contributed by atoms with Gasteiger partial charge in [-0.25, -0.2) is 9.97 Å². The van der Waals surface area contributed by atoms with Gasteiger partial charge in [0.1, 0.15) is 17.3 Å². The van der Waals surface area contributed by atoms with Crippen LogP contribution in [0.15, 0.2) is 24.4 Å². The highest BCUT2D eigenvalue weighted by atomic mass is 16.5. The van der Waals surface area contributed by atoms with E-state index in [1.807, 2.05) is 6.92 Å². The second-order valence-electron chi connectivity index (χ2n) is 5.52. The molecule has 0 spiro atoms. The van der Waals surface area contributed by atoms with Crippen molar-refractivity contribution in [3.8, 4) is 11.5 Å². The second-order valence-corrected chi connectivity index (χ2v) is 5.52. The van der Waals surface area contributed by atoms with E-state index in [0.717, 1.165) is 18.7 Å². The zero-order chi connectivity index (χ0) is 16.4. The molecule has 23 heavy (non-hydrogen) atoms. The monoisotopic (exact) mass is 313 g/mol. The van der Waals surface area contributed by atoms with Crippen LogP contribution in [0, 0.1) is 6.92 Å². The number of ether oxygens (including phenoxy) is 2. The third kappa shape index (κ3) is 3.26. The number of rotatable bonds is 5. The maximum absolute atomic E-state index is 12.5. The number of hydrogen-bond acceptors (Lipinski definition) is 5. The molecule has 0 bridgehead atoms. The highest BCUT2D eigenvalue weighted by Crippen LogP contribution is 2.38. The molecule has 1 aliphatic rings. The average molecular weight is 313 g/mol. The van der Waals surface area contributed by atoms with Gasteiger partial charge >= 0.3 is 0 Å². The van der Waals surface area contributed by atoms with Crippen LogP contribution in [0.2, 0.25) is 0 Å². The number of aryl methyl sites for hydroxylation is 1. The molecule has 0 radical (unpaired) electrons. The highest BCUT2D eigenvalue weighted by Gasteiger charge is 2.27. The molecule has 6 heteroatoms. The van der Waals surface area contributed by atoms with E-state index in [2.05, 4.69) is 15.3 Å². The van der Waals surface area contributed by atoms with Gasteiger partial charge in [-0.3, -0.25) is 4.79 Å². The van der Waals surface area contributed by atoms with E-state index < -0.39 is 0 Å². The zero-order valence-electron chi connectivity index (χ0n) is 13.4. The number of hydrogen-bond donors (Lipinski definition) is 1. The Hall–Kier alpha value is -2.63. The third-order valence-corrected chi connectivity index (χ3v) is 3.84. The standard InChI is InChI=1S/C17H19N3O3/c1-10-13(9-18-16(19-10)11-4-5-11)17(21)20-14-8-12(22-2)6-7-15(14)23-3/h6-9,11H,4-5H2,1-3H3,(H,20,21). The number of amides is 1. The van der Waals surface area contributed by atoms with Crippen molar-refractivity contribution < 1.29 is 14.3 Å². The van der Waals surface area contributed by atoms with Crippen LogP contribution in [-0.4, -0.2) is 30.1 Å². The van der Waals surface area contributed by atoms with Crippen molar-refractivity contribution in [2.24, 2.45) is 0 Å². The van der Waals surface area contributed by atoms with Crippen LogP contribution in [0.4, 0.5) is 5.69 Å². The number of aromatic nitrogens is 2. The molecule has 1 amide bonds. The lowest BCUT2D eigenvalue weighted by Crippen LogP contribution is -2.16. The summed E-state index contributed by atoms with van der Waals surface area (Å²) in [6, 6.07) is 5.23. The van der Waals surface area contributed by atoms with Gasteiger partial charge in [-0.15, -0.1) is 0 Å². The van der Waals surface area contributed by atoms with E-state index in [1.54, 1.807) is 38.6 Å². The van der Waals surface area contributed by atoms with Gasteiger partial charge in [-0.1, -0.05) is 0 Å². The summed E-state index contributed by atoms with van der Waals surface area (Å²) in [5, 5.41) is 2.83. The first-order valence-corrected chi connectivity index (χ1v) is 7.49. The van der Waals surface area contributed by atoms with Crippen molar-refractivity contribution in [1.82, 2.24) is 9.97 Å². The van der Waals surface area contributed by atoms with Crippen LogP contribution in [-0.2, 0) is 0 Å². The van der Waals surface area contributed by atoms with Gasteiger partial charge < -0.3 is 14.8 Å². The van der Waals surface area contributed by atoms with Crippen molar-refractivity contribution in [1.29, 1.82) is 0 Å². The van der Waals surface area contributed by atoms with Gasteiger partial charge in [0, 0.05) is 18.2 Å². The van der Waals surface area contributed by atoms with E-state index in [1.165, 1.54) is 0 Å². The molecule has 0 saturated heterocycles. The summed E-state index contributed by atoms with van der Waals surface area (Å²) in [7, 11) is 3.12. The molecular formula is C17H19N3O3. The van der Waals surface area contributed by atoms with Crippen LogP contribution in [0.25, 0.3) is 0 Å². The fourth-order valence-corrected chi connectivity index (χ4v) is 2.35. The van der Waals surface area contributed by atoms with Gasteiger partial charge in [0.15, 0.2) is 0 Å². The van der Waals surface area contributed by atoms with Crippen molar-refractivity contribution in [3.63, 3.8) is 0 Å². The second kappa shape index (κ2) is 6.24. The average Bonchev–Trinajstić information content (AvgIpc) is 3.39. The topological polar surface area (TPSA) is 73.3 Å². The Kier molecular flexibility index (Phi) is 4.14. The normalized spacial score (nSPS) is 13.5. The molecular weight excluding hydrogens is 294 g/mol. The molecule has 0 unspecified atom stereocenters. The Balaban J connectivity index is 1.84. The summed E-state index contributed by atoms with van der Waals surface area (Å²) in [5.74, 6) is 2.23. The first-order chi connectivity index (χ1) is 11.1. The van der Waals surface area contributed by atoms with Gasteiger partial charge in [0.2, 0.25) is 0 Å².